The van der Waals surface area contributed by atoms with Crippen LogP contribution >= 0.6 is 0 Å². The molecule has 34 heavy (non-hydrogen) atoms. The molecule has 0 saturated carbocycles. The van der Waals surface area contributed by atoms with Crippen molar-refractivity contribution in [1.82, 2.24) is 10.2 Å². The molecule has 0 unspecified atom stereocenters. The Morgan fingerprint density at radius 2 is 1.85 bits per heavy atom. The lowest BCUT2D eigenvalue weighted by atomic mass is 9.89. The van der Waals surface area contributed by atoms with Crippen LogP contribution in [0.5, 0.6) is 0 Å². The van der Waals surface area contributed by atoms with Gasteiger partial charge in [0.1, 0.15) is 12.1 Å². The summed E-state index contributed by atoms with van der Waals surface area (Å²) in [6, 6.07) is 13.5. The Labute approximate surface area is 198 Å². The zero-order chi connectivity index (χ0) is 24.1. The van der Waals surface area contributed by atoms with Crippen LogP contribution in [0.3, 0.4) is 0 Å². The van der Waals surface area contributed by atoms with Crippen LogP contribution in [-0.2, 0) is 37.8 Å². The number of hydrogen-bond acceptors (Lipinski definition) is 5. The van der Waals surface area contributed by atoms with Crippen molar-refractivity contribution >= 4 is 33.4 Å². The number of nitrogens with one attached hydrogen (secondary N) is 1. The smallest absolute Gasteiger partial charge is 0.319 e. The highest BCUT2D eigenvalue weighted by molar-refractivity contribution is 7.91. The highest BCUT2D eigenvalue weighted by atomic mass is 32.2. The minimum Gasteiger partial charge on any atom is -0.319 e. The number of imide groups is 1. The fourth-order valence-corrected chi connectivity index (χ4v) is 6.96. The summed E-state index contributed by atoms with van der Waals surface area (Å²) in [5.74, 6) is -1.11. The van der Waals surface area contributed by atoms with Gasteiger partial charge in [-0.05, 0) is 61.4 Å². The number of sulfone groups is 1. The third-order valence-corrected chi connectivity index (χ3v) is 8.87. The molecule has 0 radical (unpaired) electrons. The first-order valence-electron chi connectivity index (χ1n) is 11.5. The Morgan fingerprint density at radius 3 is 2.56 bits per heavy atom. The van der Waals surface area contributed by atoms with Gasteiger partial charge in [0.05, 0.1) is 17.5 Å². The third kappa shape index (κ3) is 3.87. The maximum Gasteiger partial charge on any atom is 0.325 e. The summed E-state index contributed by atoms with van der Waals surface area (Å²) >= 11 is 0. The van der Waals surface area contributed by atoms with Crippen molar-refractivity contribution in [3.63, 3.8) is 0 Å². The van der Waals surface area contributed by atoms with Gasteiger partial charge in [-0.2, -0.15) is 0 Å². The lowest BCUT2D eigenvalue weighted by molar-refractivity contribution is -0.134. The standard InChI is InChI=1S/C25H27N3O5S/c1-25(19-11-10-17-6-5-7-18(17)14-19)23(30)27(24(31)26-25)15-22(29)28(20-8-3-2-4-9-20)21-12-13-34(32,33)16-21/h2-4,8-11,14,21H,5-7,12-13,15-16H2,1H3,(H,26,31)/t21-,25+/m1/s1. The van der Waals surface area contributed by atoms with Gasteiger partial charge in [-0.3, -0.25) is 14.5 Å². The Morgan fingerprint density at radius 1 is 1.12 bits per heavy atom. The molecule has 2 saturated heterocycles. The maximum atomic E-state index is 13.4. The van der Waals surface area contributed by atoms with Crippen LogP contribution < -0.4 is 10.2 Å². The molecule has 0 bridgehead atoms. The Bertz CT molecular complexity index is 1280. The van der Waals surface area contributed by atoms with E-state index in [0.29, 0.717) is 17.7 Å². The number of hydrogen-bond donors (Lipinski definition) is 1. The number of urea groups is 1. The summed E-state index contributed by atoms with van der Waals surface area (Å²) < 4.78 is 24.2. The highest BCUT2D eigenvalue weighted by Crippen LogP contribution is 2.33. The van der Waals surface area contributed by atoms with E-state index in [2.05, 4.69) is 5.32 Å². The summed E-state index contributed by atoms with van der Waals surface area (Å²) in [7, 11) is -3.24. The molecule has 2 aliphatic heterocycles. The predicted octanol–water partition coefficient (Wildman–Crippen LogP) is 2.16. The lowest BCUT2D eigenvalue weighted by Gasteiger charge is -2.30. The summed E-state index contributed by atoms with van der Waals surface area (Å²) in [5, 5.41) is 2.78. The van der Waals surface area contributed by atoms with E-state index in [1.165, 1.54) is 16.0 Å². The van der Waals surface area contributed by atoms with Gasteiger partial charge in [-0.15, -0.1) is 0 Å². The molecular formula is C25H27N3O5S. The van der Waals surface area contributed by atoms with Gasteiger partial charge in [0, 0.05) is 5.69 Å². The van der Waals surface area contributed by atoms with Gasteiger partial charge in [0.25, 0.3) is 5.91 Å². The van der Waals surface area contributed by atoms with Gasteiger partial charge >= 0.3 is 6.03 Å². The van der Waals surface area contributed by atoms with Gasteiger partial charge in [0.15, 0.2) is 9.84 Å². The van der Waals surface area contributed by atoms with Crippen LogP contribution in [0.2, 0.25) is 0 Å². The zero-order valence-electron chi connectivity index (χ0n) is 19.0. The van der Waals surface area contributed by atoms with Crippen molar-refractivity contribution in [2.45, 2.75) is 44.2 Å². The summed E-state index contributed by atoms with van der Waals surface area (Å²) in [5.41, 5.74) is 2.43. The molecule has 2 fully saturated rings. The molecule has 4 amide bonds. The second-order valence-corrected chi connectivity index (χ2v) is 11.7. The summed E-state index contributed by atoms with van der Waals surface area (Å²) in [4.78, 5) is 42.1. The number of amides is 4. The average Bonchev–Trinajstić information content (AvgIpc) is 3.47. The third-order valence-electron chi connectivity index (χ3n) is 7.12. The van der Waals surface area contributed by atoms with Crippen LogP contribution in [-0.4, -0.2) is 55.3 Å². The number of nitrogens with zero attached hydrogens (tertiary/aromatic N) is 2. The van der Waals surface area contributed by atoms with Crippen LogP contribution in [0, 0.1) is 0 Å². The SMILES string of the molecule is C[C@@]1(c2ccc3c(c2)CCC3)NC(=O)N(CC(=O)N(c2ccccc2)[C@@H]2CCS(=O)(=O)C2)C1=O. The second-order valence-electron chi connectivity index (χ2n) is 9.44. The van der Waals surface area contributed by atoms with E-state index in [4.69, 9.17) is 0 Å². The van der Waals surface area contributed by atoms with Crippen molar-refractivity contribution in [2.75, 3.05) is 23.0 Å². The zero-order valence-corrected chi connectivity index (χ0v) is 19.8. The number of carbonyl (C=O) groups excluding carboxylic acids is 3. The summed E-state index contributed by atoms with van der Waals surface area (Å²) in [6.07, 6.45) is 3.35. The fraction of sp³-hybridized carbons (Fsp3) is 0.400. The molecule has 5 rings (SSSR count). The first-order valence-corrected chi connectivity index (χ1v) is 13.3. The minimum absolute atomic E-state index is 0.00775. The molecule has 0 aromatic heterocycles. The molecule has 2 aromatic rings. The molecule has 2 atom stereocenters. The number of rotatable bonds is 5. The van der Waals surface area contributed by atoms with E-state index < -0.39 is 45.8 Å². The van der Waals surface area contributed by atoms with E-state index in [-0.39, 0.29) is 11.5 Å². The van der Waals surface area contributed by atoms with Crippen molar-refractivity contribution in [3.8, 4) is 0 Å². The Hall–Kier alpha value is -3.20. The van der Waals surface area contributed by atoms with Crippen LogP contribution in [0.1, 0.15) is 36.5 Å². The summed E-state index contributed by atoms with van der Waals surface area (Å²) in [6.45, 7) is 1.20. The van der Waals surface area contributed by atoms with Crippen molar-refractivity contribution < 1.29 is 22.8 Å². The molecule has 1 N–H and O–H groups in total. The first kappa shape index (κ1) is 22.6. The Kier molecular flexibility index (Phi) is 5.47. The fourth-order valence-electron chi connectivity index (χ4n) is 5.26. The monoisotopic (exact) mass is 481 g/mol. The van der Waals surface area contributed by atoms with Gasteiger partial charge in [0.2, 0.25) is 5.91 Å². The molecule has 2 heterocycles. The molecule has 178 valence electrons. The quantitative estimate of drug-likeness (QED) is 0.659. The minimum atomic E-state index is -3.24. The number of fused-ring (bicyclic) bond motifs is 1. The lowest BCUT2D eigenvalue weighted by Crippen LogP contribution is -2.48. The number of para-hydroxylation sites is 1. The number of anilines is 1. The van der Waals surface area contributed by atoms with E-state index in [0.717, 1.165) is 24.2 Å². The van der Waals surface area contributed by atoms with Crippen LogP contribution in [0.25, 0.3) is 0 Å². The maximum absolute atomic E-state index is 13.4. The van der Waals surface area contributed by atoms with Crippen molar-refractivity contribution in [1.29, 1.82) is 0 Å². The molecular weight excluding hydrogens is 454 g/mol. The normalized spacial score (nSPS) is 25.3. The largest absolute Gasteiger partial charge is 0.325 e. The van der Waals surface area contributed by atoms with Gasteiger partial charge in [-0.1, -0.05) is 36.4 Å². The van der Waals surface area contributed by atoms with Gasteiger partial charge in [-0.25, -0.2) is 13.2 Å². The number of benzene rings is 2. The Balaban J connectivity index is 1.41. The molecule has 3 aliphatic rings. The first-order chi connectivity index (χ1) is 16.2. The number of carbonyl (C=O) groups is 3. The van der Waals surface area contributed by atoms with Crippen molar-refractivity contribution in [2.24, 2.45) is 0 Å². The number of aryl methyl sites for hydroxylation is 2. The highest BCUT2D eigenvalue weighted by Gasteiger charge is 2.50. The second kappa shape index (κ2) is 8.23. The van der Waals surface area contributed by atoms with Crippen LogP contribution in [0.15, 0.2) is 48.5 Å². The van der Waals surface area contributed by atoms with Gasteiger partial charge < -0.3 is 10.2 Å². The predicted molar refractivity (Wildman–Crippen MR) is 127 cm³/mol. The van der Waals surface area contributed by atoms with Crippen molar-refractivity contribution in [3.05, 3.63) is 65.2 Å². The van der Waals surface area contributed by atoms with E-state index in [1.54, 1.807) is 37.3 Å². The molecule has 8 nitrogen and oxygen atoms in total. The molecule has 9 heteroatoms. The van der Waals surface area contributed by atoms with E-state index in [1.807, 2.05) is 18.2 Å². The topological polar surface area (TPSA) is 104 Å². The van der Waals surface area contributed by atoms with Crippen LogP contribution in [0.4, 0.5) is 10.5 Å². The average molecular weight is 482 g/mol. The van der Waals surface area contributed by atoms with E-state index >= 15 is 0 Å². The van der Waals surface area contributed by atoms with E-state index in [9.17, 15) is 22.8 Å². The molecule has 2 aromatic carbocycles. The molecule has 0 spiro atoms. The molecule has 1 aliphatic carbocycles.